The minimum absolute atomic E-state index is 0.111. The maximum absolute atomic E-state index is 12.5. The van der Waals surface area contributed by atoms with E-state index in [1.54, 1.807) is 24.5 Å². The molecule has 0 unspecified atom stereocenters. The van der Waals surface area contributed by atoms with Crippen LogP contribution in [0.15, 0.2) is 40.2 Å². The van der Waals surface area contributed by atoms with E-state index < -0.39 is 11.1 Å². The van der Waals surface area contributed by atoms with Gasteiger partial charge in [0.15, 0.2) is 5.65 Å². The minimum Gasteiger partial charge on any atom is -0.315 e. The third-order valence-corrected chi connectivity index (χ3v) is 3.57. The lowest BCUT2D eigenvalue weighted by Gasteiger charge is -2.17. The van der Waals surface area contributed by atoms with Gasteiger partial charge >= 0.3 is 11.1 Å². The number of aromatic nitrogens is 4. The molecule has 3 aromatic rings. The lowest BCUT2D eigenvalue weighted by molar-refractivity contribution is 0.793. The third-order valence-electron chi connectivity index (χ3n) is 3.57. The van der Waals surface area contributed by atoms with Crippen molar-refractivity contribution in [2.75, 3.05) is 0 Å². The molecular formula is C16H16N4O2. The molecule has 0 aliphatic carbocycles. The average Bonchev–Trinajstić information content (AvgIpc) is 2.49. The van der Waals surface area contributed by atoms with E-state index in [0.29, 0.717) is 16.9 Å². The molecule has 0 aliphatic rings. The average molecular weight is 296 g/mol. The molecule has 3 heterocycles. The fraction of sp³-hybridized carbons (Fsp3) is 0.250. The number of hydrogen-bond acceptors (Lipinski definition) is 4. The Bertz CT molecular complexity index is 970. The first-order chi connectivity index (χ1) is 10.5. The Morgan fingerprint density at radius 3 is 2.64 bits per heavy atom. The van der Waals surface area contributed by atoms with Crippen LogP contribution < -0.4 is 11.1 Å². The Labute approximate surface area is 126 Å². The molecule has 0 fully saturated rings. The molecule has 0 saturated carbocycles. The lowest BCUT2D eigenvalue weighted by atomic mass is 10.0. The van der Waals surface area contributed by atoms with Gasteiger partial charge in [-0.1, -0.05) is 13.8 Å². The molecule has 112 valence electrons. The van der Waals surface area contributed by atoms with Gasteiger partial charge in [0.2, 0.25) is 0 Å². The number of fused-ring (bicyclic) bond motifs is 1. The quantitative estimate of drug-likeness (QED) is 0.732. The van der Waals surface area contributed by atoms with Gasteiger partial charge in [0, 0.05) is 12.4 Å². The van der Waals surface area contributed by atoms with Crippen LogP contribution in [0.2, 0.25) is 0 Å². The van der Waals surface area contributed by atoms with Crippen molar-refractivity contribution in [1.82, 2.24) is 19.5 Å². The van der Waals surface area contributed by atoms with Crippen molar-refractivity contribution >= 4 is 11.2 Å². The summed E-state index contributed by atoms with van der Waals surface area (Å²) in [6, 6.07) is 5.26. The summed E-state index contributed by atoms with van der Waals surface area (Å²) in [6.45, 7) is 5.89. The first-order valence-corrected chi connectivity index (χ1v) is 7.06. The lowest BCUT2D eigenvalue weighted by Crippen LogP contribution is -2.36. The van der Waals surface area contributed by atoms with Crippen molar-refractivity contribution in [3.63, 3.8) is 0 Å². The van der Waals surface area contributed by atoms with Crippen LogP contribution in [0.4, 0.5) is 0 Å². The molecule has 22 heavy (non-hydrogen) atoms. The SMILES string of the molecule is Cc1ccnc(C(C)C)c1-n1c(=O)c(=O)[nH]c2cccnc21. The number of rotatable bonds is 2. The van der Waals surface area contributed by atoms with E-state index >= 15 is 0 Å². The molecule has 0 bridgehead atoms. The summed E-state index contributed by atoms with van der Waals surface area (Å²) in [5.41, 5.74) is 1.90. The van der Waals surface area contributed by atoms with E-state index in [1.165, 1.54) is 4.57 Å². The normalized spacial score (nSPS) is 11.3. The highest BCUT2D eigenvalue weighted by atomic mass is 16.2. The monoisotopic (exact) mass is 296 g/mol. The number of aromatic amines is 1. The van der Waals surface area contributed by atoms with Gasteiger partial charge in [0.1, 0.15) is 0 Å². The van der Waals surface area contributed by atoms with Gasteiger partial charge in [-0.25, -0.2) is 4.98 Å². The third kappa shape index (κ3) is 2.13. The summed E-state index contributed by atoms with van der Waals surface area (Å²) < 4.78 is 1.37. The fourth-order valence-electron chi connectivity index (χ4n) is 2.54. The summed E-state index contributed by atoms with van der Waals surface area (Å²) in [7, 11) is 0. The molecule has 0 atom stereocenters. The molecule has 0 spiro atoms. The molecule has 0 radical (unpaired) electrons. The van der Waals surface area contributed by atoms with Crippen LogP contribution in [0.5, 0.6) is 0 Å². The maximum Gasteiger partial charge on any atom is 0.322 e. The first-order valence-electron chi connectivity index (χ1n) is 7.06. The van der Waals surface area contributed by atoms with E-state index in [1.807, 2.05) is 26.8 Å². The second-order valence-corrected chi connectivity index (χ2v) is 5.49. The molecule has 0 amide bonds. The van der Waals surface area contributed by atoms with Crippen molar-refractivity contribution < 1.29 is 0 Å². The van der Waals surface area contributed by atoms with Crippen LogP contribution in [0.3, 0.4) is 0 Å². The van der Waals surface area contributed by atoms with Gasteiger partial charge in [0.05, 0.1) is 16.9 Å². The Balaban J connectivity index is 2.54. The summed E-state index contributed by atoms with van der Waals surface area (Å²) in [4.78, 5) is 35.7. The zero-order valence-corrected chi connectivity index (χ0v) is 12.6. The van der Waals surface area contributed by atoms with Gasteiger partial charge in [-0.05, 0) is 36.6 Å². The molecular weight excluding hydrogens is 280 g/mol. The maximum atomic E-state index is 12.5. The Morgan fingerprint density at radius 1 is 1.14 bits per heavy atom. The van der Waals surface area contributed by atoms with Crippen molar-refractivity contribution in [1.29, 1.82) is 0 Å². The van der Waals surface area contributed by atoms with Gasteiger partial charge in [0.25, 0.3) is 0 Å². The van der Waals surface area contributed by atoms with E-state index in [0.717, 1.165) is 11.3 Å². The first kappa shape index (κ1) is 14.2. The van der Waals surface area contributed by atoms with Crippen LogP contribution in [0.25, 0.3) is 16.9 Å². The summed E-state index contributed by atoms with van der Waals surface area (Å²) in [5.74, 6) is 0.111. The number of nitrogens with zero attached hydrogens (tertiary/aromatic N) is 3. The summed E-state index contributed by atoms with van der Waals surface area (Å²) in [6.07, 6.45) is 3.30. The van der Waals surface area contributed by atoms with Crippen LogP contribution in [0.1, 0.15) is 31.0 Å². The predicted molar refractivity (Wildman–Crippen MR) is 84.6 cm³/mol. The number of H-pyrrole nitrogens is 1. The standard InChI is InChI=1S/C16H16N4O2/c1-9(2)12-13(10(3)6-8-17-12)20-14-11(5-4-7-18-14)19-15(21)16(20)22/h4-9H,1-3H3,(H,19,21). The second kappa shape index (κ2) is 5.22. The van der Waals surface area contributed by atoms with Gasteiger partial charge in [-0.2, -0.15) is 0 Å². The predicted octanol–water partition coefficient (Wildman–Crippen LogP) is 1.90. The van der Waals surface area contributed by atoms with Crippen LogP contribution in [-0.2, 0) is 0 Å². The summed E-state index contributed by atoms with van der Waals surface area (Å²) >= 11 is 0. The molecule has 3 aromatic heterocycles. The molecule has 6 nitrogen and oxygen atoms in total. The Morgan fingerprint density at radius 2 is 1.91 bits per heavy atom. The van der Waals surface area contributed by atoms with Crippen molar-refractivity contribution in [3.8, 4) is 5.69 Å². The number of pyridine rings is 2. The highest BCUT2D eigenvalue weighted by Gasteiger charge is 2.18. The Hall–Kier alpha value is -2.76. The largest absolute Gasteiger partial charge is 0.322 e. The molecule has 3 rings (SSSR count). The molecule has 0 aliphatic heterocycles. The van der Waals surface area contributed by atoms with Crippen LogP contribution in [0, 0.1) is 6.92 Å². The minimum atomic E-state index is -0.668. The number of nitrogens with one attached hydrogen (secondary N) is 1. The van der Waals surface area contributed by atoms with E-state index in [-0.39, 0.29) is 5.92 Å². The van der Waals surface area contributed by atoms with Crippen molar-refractivity contribution in [2.24, 2.45) is 0 Å². The van der Waals surface area contributed by atoms with E-state index in [2.05, 4.69) is 15.0 Å². The van der Waals surface area contributed by atoms with Crippen LogP contribution in [-0.4, -0.2) is 19.5 Å². The summed E-state index contributed by atoms with van der Waals surface area (Å²) in [5, 5.41) is 0. The van der Waals surface area contributed by atoms with Gasteiger partial charge in [-0.3, -0.25) is 19.1 Å². The molecule has 1 N–H and O–H groups in total. The number of aryl methyl sites for hydroxylation is 1. The highest BCUT2D eigenvalue weighted by Crippen LogP contribution is 2.24. The smallest absolute Gasteiger partial charge is 0.315 e. The van der Waals surface area contributed by atoms with E-state index in [4.69, 9.17) is 0 Å². The molecule has 6 heteroatoms. The van der Waals surface area contributed by atoms with Gasteiger partial charge < -0.3 is 4.98 Å². The van der Waals surface area contributed by atoms with Crippen LogP contribution >= 0.6 is 0 Å². The molecule has 0 aromatic carbocycles. The molecule has 0 saturated heterocycles. The van der Waals surface area contributed by atoms with Crippen molar-refractivity contribution in [3.05, 3.63) is 62.6 Å². The fourth-order valence-corrected chi connectivity index (χ4v) is 2.54. The highest BCUT2D eigenvalue weighted by molar-refractivity contribution is 5.72. The zero-order chi connectivity index (χ0) is 15.9. The zero-order valence-electron chi connectivity index (χ0n) is 12.6. The van der Waals surface area contributed by atoms with Crippen molar-refractivity contribution in [2.45, 2.75) is 26.7 Å². The van der Waals surface area contributed by atoms with Gasteiger partial charge in [-0.15, -0.1) is 0 Å². The number of hydrogen-bond donors (Lipinski definition) is 1. The van der Waals surface area contributed by atoms with E-state index in [9.17, 15) is 9.59 Å². The topological polar surface area (TPSA) is 80.6 Å². The second-order valence-electron chi connectivity index (χ2n) is 5.49. The Kier molecular flexibility index (Phi) is 3.36.